The highest BCUT2D eigenvalue weighted by Crippen LogP contribution is 2.23. The fraction of sp³-hybridized carbons (Fsp3) is 0.692. The molecular weight excluding hydrogens is 242 g/mol. The number of nitrogens with two attached hydrogens (primary N) is 1. The highest BCUT2D eigenvalue weighted by Gasteiger charge is 2.18. The Bertz CT molecular complexity index is 427. The summed E-state index contributed by atoms with van der Waals surface area (Å²) in [6, 6.07) is -0.335. The van der Waals surface area contributed by atoms with Gasteiger partial charge in [0.25, 0.3) is 0 Å². The zero-order valence-electron chi connectivity index (χ0n) is 12.3. The van der Waals surface area contributed by atoms with Crippen LogP contribution in [0.4, 0.5) is 11.5 Å². The minimum atomic E-state index is -0.335. The molecule has 0 aliphatic heterocycles. The molecule has 0 bridgehead atoms. The Labute approximate surface area is 114 Å². The molecule has 0 spiro atoms. The number of aryl methyl sites for hydroxylation is 2. The average molecular weight is 267 g/mol. The monoisotopic (exact) mass is 267 g/mol. The number of hydrogen-bond acceptors (Lipinski definition) is 4. The second-order valence-corrected chi connectivity index (χ2v) is 4.74. The van der Waals surface area contributed by atoms with E-state index in [1.165, 1.54) is 0 Å². The van der Waals surface area contributed by atoms with Crippen molar-refractivity contribution in [2.24, 2.45) is 7.05 Å². The van der Waals surface area contributed by atoms with E-state index in [0.29, 0.717) is 18.1 Å². The van der Waals surface area contributed by atoms with Gasteiger partial charge in [-0.2, -0.15) is 5.10 Å². The molecule has 4 N–H and O–H groups in total. The minimum Gasteiger partial charge on any atom is -0.394 e. The van der Waals surface area contributed by atoms with Gasteiger partial charge in [-0.1, -0.05) is 20.3 Å². The van der Waals surface area contributed by atoms with E-state index in [9.17, 15) is 4.79 Å². The van der Waals surface area contributed by atoms with Crippen LogP contribution in [0.5, 0.6) is 0 Å². The van der Waals surface area contributed by atoms with Gasteiger partial charge in [0.1, 0.15) is 11.9 Å². The van der Waals surface area contributed by atoms with Crippen molar-refractivity contribution in [3.05, 3.63) is 5.69 Å². The van der Waals surface area contributed by atoms with Gasteiger partial charge in [-0.05, 0) is 19.8 Å². The van der Waals surface area contributed by atoms with Crippen LogP contribution in [0, 0.1) is 0 Å². The van der Waals surface area contributed by atoms with Crippen molar-refractivity contribution >= 4 is 17.4 Å². The lowest BCUT2D eigenvalue weighted by atomic mass is 10.2. The van der Waals surface area contributed by atoms with Crippen molar-refractivity contribution in [3.8, 4) is 0 Å². The average Bonchev–Trinajstić information content (AvgIpc) is 2.64. The van der Waals surface area contributed by atoms with Gasteiger partial charge in [-0.3, -0.25) is 9.48 Å². The van der Waals surface area contributed by atoms with Crippen LogP contribution in [0.2, 0.25) is 0 Å². The number of rotatable bonds is 7. The standard InChI is InChI=1S/C13H25N5O/c1-5-7-10-11(14)12(18(4)17-10)16-9(3)13(19)15-8-6-2/h9,16H,5-8,14H2,1-4H3,(H,15,19). The third-order valence-corrected chi connectivity index (χ3v) is 2.94. The Morgan fingerprint density at radius 3 is 2.68 bits per heavy atom. The number of amides is 1. The topological polar surface area (TPSA) is 85.0 Å². The highest BCUT2D eigenvalue weighted by atomic mass is 16.2. The Morgan fingerprint density at radius 1 is 1.42 bits per heavy atom. The van der Waals surface area contributed by atoms with E-state index >= 15 is 0 Å². The fourth-order valence-electron chi connectivity index (χ4n) is 1.86. The van der Waals surface area contributed by atoms with Crippen molar-refractivity contribution in [2.75, 3.05) is 17.6 Å². The second-order valence-electron chi connectivity index (χ2n) is 4.74. The van der Waals surface area contributed by atoms with Gasteiger partial charge >= 0.3 is 0 Å². The largest absolute Gasteiger partial charge is 0.394 e. The molecule has 1 aromatic rings. The van der Waals surface area contributed by atoms with Crippen molar-refractivity contribution in [2.45, 2.75) is 46.1 Å². The van der Waals surface area contributed by atoms with Crippen molar-refractivity contribution in [3.63, 3.8) is 0 Å². The van der Waals surface area contributed by atoms with Gasteiger partial charge in [-0.15, -0.1) is 0 Å². The quantitative estimate of drug-likeness (QED) is 0.695. The number of nitrogens with zero attached hydrogens (tertiary/aromatic N) is 2. The summed E-state index contributed by atoms with van der Waals surface area (Å²) in [6.07, 6.45) is 2.76. The summed E-state index contributed by atoms with van der Waals surface area (Å²) in [5.74, 6) is 0.682. The summed E-state index contributed by atoms with van der Waals surface area (Å²) < 4.78 is 1.70. The van der Waals surface area contributed by atoms with Crippen LogP contribution in [-0.2, 0) is 18.3 Å². The molecule has 0 aliphatic rings. The van der Waals surface area contributed by atoms with E-state index in [1.54, 1.807) is 4.68 Å². The van der Waals surface area contributed by atoms with Crippen LogP contribution in [-0.4, -0.2) is 28.3 Å². The fourth-order valence-corrected chi connectivity index (χ4v) is 1.86. The zero-order chi connectivity index (χ0) is 14.4. The summed E-state index contributed by atoms with van der Waals surface area (Å²) in [4.78, 5) is 11.8. The summed E-state index contributed by atoms with van der Waals surface area (Å²) in [6.45, 7) is 6.61. The van der Waals surface area contributed by atoms with E-state index in [4.69, 9.17) is 5.73 Å². The van der Waals surface area contributed by atoms with E-state index in [1.807, 2.05) is 20.9 Å². The molecule has 1 aromatic heterocycles. The number of carbonyl (C=O) groups excluding carboxylic acids is 1. The third-order valence-electron chi connectivity index (χ3n) is 2.94. The normalized spacial score (nSPS) is 12.2. The third kappa shape index (κ3) is 3.87. The molecule has 1 unspecified atom stereocenters. The lowest BCUT2D eigenvalue weighted by molar-refractivity contribution is -0.121. The van der Waals surface area contributed by atoms with Crippen molar-refractivity contribution in [1.29, 1.82) is 0 Å². The molecule has 0 aromatic carbocycles. The lowest BCUT2D eigenvalue weighted by Crippen LogP contribution is -2.38. The first kappa shape index (κ1) is 15.3. The number of anilines is 2. The molecule has 6 nitrogen and oxygen atoms in total. The number of nitrogen functional groups attached to an aromatic ring is 1. The summed E-state index contributed by atoms with van der Waals surface area (Å²) >= 11 is 0. The van der Waals surface area contributed by atoms with Crippen LogP contribution < -0.4 is 16.4 Å². The number of hydrogen-bond donors (Lipinski definition) is 3. The summed E-state index contributed by atoms with van der Waals surface area (Å²) in [5.41, 5.74) is 7.58. The lowest BCUT2D eigenvalue weighted by Gasteiger charge is -2.15. The van der Waals surface area contributed by atoms with Gasteiger partial charge in [0.15, 0.2) is 0 Å². The first-order chi connectivity index (χ1) is 9.01. The molecule has 1 heterocycles. The van der Waals surface area contributed by atoms with Crippen molar-refractivity contribution in [1.82, 2.24) is 15.1 Å². The Balaban J connectivity index is 2.73. The molecule has 1 amide bonds. The van der Waals surface area contributed by atoms with E-state index in [0.717, 1.165) is 25.0 Å². The zero-order valence-corrected chi connectivity index (χ0v) is 12.3. The number of aromatic nitrogens is 2. The predicted octanol–water partition coefficient (Wildman–Crippen LogP) is 1.28. The minimum absolute atomic E-state index is 0.0282. The van der Waals surface area contributed by atoms with Crippen LogP contribution in [0.1, 0.15) is 39.3 Å². The first-order valence-corrected chi connectivity index (χ1v) is 6.86. The summed E-state index contributed by atoms with van der Waals surface area (Å²) in [7, 11) is 1.83. The van der Waals surface area contributed by atoms with Gasteiger partial charge in [0, 0.05) is 13.6 Å². The molecule has 0 aliphatic carbocycles. The maximum atomic E-state index is 11.8. The first-order valence-electron chi connectivity index (χ1n) is 6.86. The van der Waals surface area contributed by atoms with Crippen LogP contribution >= 0.6 is 0 Å². The maximum absolute atomic E-state index is 11.8. The van der Waals surface area contributed by atoms with Crippen LogP contribution in [0.3, 0.4) is 0 Å². The molecule has 108 valence electrons. The van der Waals surface area contributed by atoms with E-state index < -0.39 is 0 Å². The van der Waals surface area contributed by atoms with E-state index in [-0.39, 0.29) is 11.9 Å². The van der Waals surface area contributed by atoms with Gasteiger partial charge in [0.2, 0.25) is 5.91 Å². The Morgan fingerprint density at radius 2 is 2.11 bits per heavy atom. The molecule has 1 atom stereocenters. The van der Waals surface area contributed by atoms with E-state index in [2.05, 4.69) is 22.7 Å². The molecule has 1 rings (SSSR count). The van der Waals surface area contributed by atoms with Gasteiger partial charge in [-0.25, -0.2) is 0 Å². The Hall–Kier alpha value is -1.72. The van der Waals surface area contributed by atoms with Crippen LogP contribution in [0.25, 0.3) is 0 Å². The SMILES string of the molecule is CCCNC(=O)C(C)Nc1c(N)c(CCC)nn1C. The highest BCUT2D eigenvalue weighted by molar-refractivity contribution is 5.85. The Kier molecular flexibility index (Phi) is 5.66. The molecule has 6 heteroatoms. The number of carbonyl (C=O) groups is 1. The molecule has 0 radical (unpaired) electrons. The summed E-state index contributed by atoms with van der Waals surface area (Å²) in [5, 5.41) is 10.4. The van der Waals surface area contributed by atoms with Crippen LogP contribution in [0.15, 0.2) is 0 Å². The molecule has 0 saturated heterocycles. The second kappa shape index (κ2) is 7.01. The molecule has 0 fully saturated rings. The molecular formula is C13H25N5O. The number of nitrogens with one attached hydrogen (secondary N) is 2. The molecule has 0 saturated carbocycles. The van der Waals surface area contributed by atoms with Gasteiger partial charge in [0.05, 0.1) is 11.4 Å². The van der Waals surface area contributed by atoms with Gasteiger partial charge < -0.3 is 16.4 Å². The smallest absolute Gasteiger partial charge is 0.242 e. The maximum Gasteiger partial charge on any atom is 0.242 e. The molecule has 19 heavy (non-hydrogen) atoms. The van der Waals surface area contributed by atoms with Crippen molar-refractivity contribution < 1.29 is 4.79 Å². The predicted molar refractivity (Wildman–Crippen MR) is 78.0 cm³/mol.